The Hall–Kier alpha value is -1.60. The van der Waals surface area contributed by atoms with Crippen molar-refractivity contribution in [2.24, 2.45) is 0 Å². The molecule has 2 rings (SSSR count). The number of halogens is 2. The van der Waals surface area contributed by atoms with E-state index in [1.165, 1.54) is 0 Å². The van der Waals surface area contributed by atoms with Crippen LogP contribution < -0.4 is 10.0 Å². The molecule has 0 aromatic heterocycles. The van der Waals surface area contributed by atoms with Gasteiger partial charge in [-0.2, -0.15) is 0 Å². The minimum Gasteiger partial charge on any atom is -0.352 e. The van der Waals surface area contributed by atoms with Crippen LogP contribution >= 0.6 is 23.2 Å². The molecule has 0 saturated carbocycles. The Balaban J connectivity index is 1.88. The van der Waals surface area contributed by atoms with Crippen LogP contribution in [0.25, 0.3) is 0 Å². The summed E-state index contributed by atoms with van der Waals surface area (Å²) in [7, 11) is -3.56. The first kappa shape index (κ1) is 22.7. The molecule has 2 aromatic rings. The molecule has 2 N–H and O–H groups in total. The van der Waals surface area contributed by atoms with E-state index in [4.69, 9.17) is 23.2 Å². The van der Waals surface area contributed by atoms with E-state index >= 15 is 0 Å². The Morgan fingerprint density at radius 3 is 2.25 bits per heavy atom. The first-order chi connectivity index (χ1) is 13.0. The van der Waals surface area contributed by atoms with Gasteiger partial charge < -0.3 is 5.32 Å². The molecule has 1 amide bonds. The van der Waals surface area contributed by atoms with Gasteiger partial charge in [-0.25, -0.2) is 13.1 Å². The van der Waals surface area contributed by atoms with Gasteiger partial charge >= 0.3 is 0 Å². The summed E-state index contributed by atoms with van der Waals surface area (Å²) in [5.41, 5.74) is 1.12. The number of benzene rings is 2. The van der Waals surface area contributed by atoms with Crippen LogP contribution in [-0.2, 0) is 27.8 Å². The minimum atomic E-state index is -3.56. The number of aryl methyl sites for hydroxylation is 1. The van der Waals surface area contributed by atoms with Crippen molar-refractivity contribution in [3.63, 3.8) is 0 Å². The van der Waals surface area contributed by atoms with Gasteiger partial charge in [0.15, 0.2) is 0 Å². The summed E-state index contributed by atoms with van der Waals surface area (Å²) in [6.07, 6.45) is 0.796. The average Bonchev–Trinajstić information content (AvgIpc) is 2.57. The first-order valence-corrected chi connectivity index (χ1v) is 11.0. The van der Waals surface area contributed by atoms with E-state index in [1.54, 1.807) is 63.2 Å². The van der Waals surface area contributed by atoms with E-state index in [-0.39, 0.29) is 17.2 Å². The van der Waals surface area contributed by atoms with Gasteiger partial charge in [-0.1, -0.05) is 41.4 Å². The van der Waals surface area contributed by atoms with Gasteiger partial charge in [0.1, 0.15) is 0 Å². The Labute approximate surface area is 176 Å². The molecule has 0 aliphatic carbocycles. The topological polar surface area (TPSA) is 75.3 Å². The van der Waals surface area contributed by atoms with Gasteiger partial charge in [-0.05, 0) is 62.6 Å². The van der Waals surface area contributed by atoms with Gasteiger partial charge in [0, 0.05) is 28.5 Å². The van der Waals surface area contributed by atoms with Crippen LogP contribution in [-0.4, -0.2) is 19.9 Å². The van der Waals surface area contributed by atoms with Gasteiger partial charge in [0.05, 0.1) is 4.90 Å². The third-order valence-corrected chi connectivity index (χ3v) is 6.17. The van der Waals surface area contributed by atoms with Crippen LogP contribution in [0.2, 0.25) is 10.0 Å². The summed E-state index contributed by atoms with van der Waals surface area (Å²) >= 11 is 11.9. The van der Waals surface area contributed by atoms with E-state index in [9.17, 15) is 13.2 Å². The van der Waals surface area contributed by atoms with Crippen LogP contribution in [0.15, 0.2) is 47.4 Å². The van der Waals surface area contributed by atoms with Gasteiger partial charge in [0.2, 0.25) is 15.9 Å². The number of sulfonamides is 1. The second-order valence-corrected chi connectivity index (χ2v) is 10.0. The van der Waals surface area contributed by atoms with E-state index < -0.39 is 15.6 Å². The number of hydrogen-bond donors (Lipinski definition) is 2. The standard InChI is InChI=1S/C20H24Cl2N2O3S/c1-20(2,3)24-28(26,27)17-9-4-14(5-10-17)6-11-19(25)23-13-15-7-8-16(21)12-18(15)22/h4-5,7-10,12,24H,6,11,13H2,1-3H3,(H,23,25). The van der Waals surface area contributed by atoms with E-state index in [0.717, 1.165) is 11.1 Å². The highest BCUT2D eigenvalue weighted by Crippen LogP contribution is 2.21. The zero-order chi connectivity index (χ0) is 20.9. The monoisotopic (exact) mass is 442 g/mol. The molecule has 0 saturated heterocycles. The molecule has 0 atom stereocenters. The molecule has 0 aliphatic heterocycles. The third-order valence-electron chi connectivity index (χ3n) is 3.81. The lowest BCUT2D eigenvalue weighted by Crippen LogP contribution is -2.40. The molecule has 28 heavy (non-hydrogen) atoms. The quantitative estimate of drug-likeness (QED) is 0.670. The smallest absolute Gasteiger partial charge is 0.241 e. The van der Waals surface area contributed by atoms with Crippen molar-refractivity contribution >= 4 is 39.1 Å². The molecule has 0 bridgehead atoms. The van der Waals surface area contributed by atoms with Crippen molar-refractivity contribution in [1.29, 1.82) is 0 Å². The summed E-state index contributed by atoms with van der Waals surface area (Å²) in [6, 6.07) is 11.7. The van der Waals surface area contributed by atoms with Crippen molar-refractivity contribution in [2.75, 3.05) is 0 Å². The molecule has 0 unspecified atom stereocenters. The summed E-state index contributed by atoms with van der Waals surface area (Å²) in [5, 5.41) is 3.87. The zero-order valence-corrected chi connectivity index (χ0v) is 18.4. The molecular formula is C20H24Cl2N2O3S. The number of carbonyl (C=O) groups excluding carboxylic acids is 1. The summed E-state index contributed by atoms with van der Waals surface area (Å²) in [5.74, 6) is -0.114. The Morgan fingerprint density at radius 2 is 1.68 bits per heavy atom. The summed E-state index contributed by atoms with van der Waals surface area (Å²) < 4.78 is 27.2. The van der Waals surface area contributed by atoms with Crippen molar-refractivity contribution in [1.82, 2.24) is 10.0 Å². The fourth-order valence-corrected chi connectivity index (χ4v) is 4.40. The predicted molar refractivity (Wildman–Crippen MR) is 113 cm³/mol. The van der Waals surface area contributed by atoms with Crippen molar-refractivity contribution in [3.05, 3.63) is 63.6 Å². The van der Waals surface area contributed by atoms with Crippen LogP contribution in [0.3, 0.4) is 0 Å². The van der Waals surface area contributed by atoms with Crippen LogP contribution in [0, 0.1) is 0 Å². The first-order valence-electron chi connectivity index (χ1n) is 8.80. The fraction of sp³-hybridized carbons (Fsp3) is 0.350. The maximum absolute atomic E-state index is 12.3. The minimum absolute atomic E-state index is 0.114. The lowest BCUT2D eigenvalue weighted by Gasteiger charge is -2.20. The van der Waals surface area contributed by atoms with E-state index in [2.05, 4.69) is 10.0 Å². The van der Waals surface area contributed by atoms with Gasteiger partial charge in [-0.15, -0.1) is 0 Å². The Kier molecular flexibility index (Phi) is 7.51. The summed E-state index contributed by atoms with van der Waals surface area (Å²) in [6.45, 7) is 5.68. The normalized spacial score (nSPS) is 12.0. The van der Waals surface area contributed by atoms with E-state index in [1.807, 2.05) is 0 Å². The largest absolute Gasteiger partial charge is 0.352 e. The second-order valence-electron chi connectivity index (χ2n) is 7.51. The molecule has 0 spiro atoms. The molecule has 0 radical (unpaired) electrons. The SMILES string of the molecule is CC(C)(C)NS(=O)(=O)c1ccc(CCC(=O)NCc2ccc(Cl)cc2Cl)cc1. The number of carbonyl (C=O) groups is 1. The molecule has 0 aliphatic rings. The second kappa shape index (κ2) is 9.27. The maximum Gasteiger partial charge on any atom is 0.241 e. The number of hydrogen-bond acceptors (Lipinski definition) is 3. The fourth-order valence-electron chi connectivity index (χ4n) is 2.50. The van der Waals surface area contributed by atoms with Crippen LogP contribution in [0.5, 0.6) is 0 Å². The molecular weight excluding hydrogens is 419 g/mol. The van der Waals surface area contributed by atoms with Gasteiger partial charge in [-0.3, -0.25) is 4.79 Å². The third kappa shape index (κ3) is 7.09. The number of amides is 1. The van der Waals surface area contributed by atoms with Crippen molar-refractivity contribution < 1.29 is 13.2 Å². The van der Waals surface area contributed by atoms with Crippen molar-refractivity contribution in [2.45, 2.75) is 50.6 Å². The molecule has 0 heterocycles. The van der Waals surface area contributed by atoms with Crippen LogP contribution in [0.4, 0.5) is 0 Å². The zero-order valence-electron chi connectivity index (χ0n) is 16.1. The van der Waals surface area contributed by atoms with Crippen molar-refractivity contribution in [3.8, 4) is 0 Å². The molecule has 2 aromatic carbocycles. The molecule has 152 valence electrons. The summed E-state index contributed by atoms with van der Waals surface area (Å²) in [4.78, 5) is 12.3. The number of rotatable bonds is 7. The molecule has 0 fully saturated rings. The highest BCUT2D eigenvalue weighted by atomic mass is 35.5. The Bertz CT molecular complexity index is 937. The predicted octanol–water partition coefficient (Wildman–Crippen LogP) is 4.32. The highest BCUT2D eigenvalue weighted by Gasteiger charge is 2.21. The lowest BCUT2D eigenvalue weighted by molar-refractivity contribution is -0.121. The molecule has 5 nitrogen and oxygen atoms in total. The average molecular weight is 443 g/mol. The van der Waals surface area contributed by atoms with E-state index in [0.29, 0.717) is 23.0 Å². The van der Waals surface area contributed by atoms with Crippen LogP contribution in [0.1, 0.15) is 38.3 Å². The molecule has 8 heteroatoms. The Morgan fingerprint density at radius 1 is 1.04 bits per heavy atom. The highest BCUT2D eigenvalue weighted by molar-refractivity contribution is 7.89. The lowest BCUT2D eigenvalue weighted by atomic mass is 10.1. The number of nitrogens with one attached hydrogen (secondary N) is 2. The maximum atomic E-state index is 12.3. The van der Waals surface area contributed by atoms with Gasteiger partial charge in [0.25, 0.3) is 0 Å².